The lowest BCUT2D eigenvalue weighted by Crippen LogP contribution is -2.48. The van der Waals surface area contributed by atoms with E-state index in [4.69, 9.17) is 17.3 Å². The van der Waals surface area contributed by atoms with Crippen LogP contribution in [0.25, 0.3) is 5.70 Å². The number of nitrogens with zero attached hydrogens (tertiary/aromatic N) is 5. The molecule has 0 aliphatic carbocycles. The minimum atomic E-state index is -0.131. The van der Waals surface area contributed by atoms with Crippen LogP contribution in [-0.2, 0) is 13.6 Å². The van der Waals surface area contributed by atoms with Gasteiger partial charge in [-0.25, -0.2) is 4.79 Å². The molecule has 1 saturated heterocycles. The summed E-state index contributed by atoms with van der Waals surface area (Å²) in [4.78, 5) is 19.9. The minimum Gasteiger partial charge on any atom is -0.371 e. The summed E-state index contributed by atoms with van der Waals surface area (Å²) in [6, 6.07) is 7.52. The molecule has 1 aromatic carbocycles. The highest BCUT2D eigenvalue weighted by Gasteiger charge is 2.24. The van der Waals surface area contributed by atoms with Gasteiger partial charge >= 0.3 is 5.69 Å². The van der Waals surface area contributed by atoms with Crippen molar-refractivity contribution in [2.24, 2.45) is 17.8 Å². The summed E-state index contributed by atoms with van der Waals surface area (Å²) in [5.74, 6) is 0. The Morgan fingerprint density at radius 3 is 3.00 bits per heavy atom. The zero-order valence-electron chi connectivity index (χ0n) is 15.9. The van der Waals surface area contributed by atoms with Crippen LogP contribution < -0.4 is 22.3 Å². The van der Waals surface area contributed by atoms with E-state index < -0.39 is 0 Å². The highest BCUT2D eigenvalue weighted by molar-refractivity contribution is 6.30. The molecular formula is C20H23ClN6O. The maximum atomic E-state index is 13.0. The largest absolute Gasteiger partial charge is 0.371 e. The van der Waals surface area contributed by atoms with Crippen LogP contribution in [0.4, 0.5) is 0 Å². The van der Waals surface area contributed by atoms with Crippen LogP contribution in [0.15, 0.2) is 28.0 Å². The van der Waals surface area contributed by atoms with Crippen LogP contribution in [-0.4, -0.2) is 39.7 Å². The molecule has 0 spiro atoms. The van der Waals surface area contributed by atoms with Crippen molar-refractivity contribution in [3.05, 3.63) is 55.7 Å². The second-order valence-corrected chi connectivity index (χ2v) is 7.88. The fraction of sp³-hybridized carbons (Fsp3) is 0.450. The van der Waals surface area contributed by atoms with E-state index in [1.807, 2.05) is 6.07 Å². The van der Waals surface area contributed by atoms with Crippen LogP contribution in [0, 0.1) is 11.3 Å². The SMILES string of the molecule is Cn1c2c(n(Cc3ccc(Cl)cc3C#N)c1=O)=C(N1CCC[C@@H](N)C1)CCN=2. The summed E-state index contributed by atoms with van der Waals surface area (Å²) in [5, 5.41) is 10.8. The molecule has 28 heavy (non-hydrogen) atoms. The molecule has 2 aliphatic heterocycles. The number of benzene rings is 1. The molecule has 0 unspecified atom stereocenters. The predicted octanol–water partition coefficient (Wildman–Crippen LogP) is 0.315. The highest BCUT2D eigenvalue weighted by Crippen LogP contribution is 2.18. The number of rotatable bonds is 3. The average Bonchev–Trinajstić information content (AvgIpc) is 2.94. The van der Waals surface area contributed by atoms with Gasteiger partial charge in [-0.3, -0.25) is 14.1 Å². The number of fused-ring (bicyclic) bond motifs is 1. The van der Waals surface area contributed by atoms with Crippen LogP contribution in [0.1, 0.15) is 30.4 Å². The van der Waals surface area contributed by atoms with Gasteiger partial charge in [0.05, 0.1) is 18.2 Å². The Kier molecular flexibility index (Phi) is 5.00. The topological polar surface area (TPSA) is 92.3 Å². The van der Waals surface area contributed by atoms with E-state index in [-0.39, 0.29) is 11.7 Å². The summed E-state index contributed by atoms with van der Waals surface area (Å²) in [6.45, 7) is 2.70. The van der Waals surface area contributed by atoms with E-state index in [0.29, 0.717) is 29.2 Å². The van der Waals surface area contributed by atoms with Gasteiger partial charge in [-0.2, -0.15) is 5.26 Å². The summed E-state index contributed by atoms with van der Waals surface area (Å²) >= 11 is 6.03. The van der Waals surface area contributed by atoms with Gasteiger partial charge in [-0.05, 0) is 30.5 Å². The van der Waals surface area contributed by atoms with Crippen LogP contribution >= 0.6 is 11.6 Å². The number of hydrogen-bond donors (Lipinski definition) is 1. The van der Waals surface area contributed by atoms with Crippen molar-refractivity contribution in [1.29, 1.82) is 5.26 Å². The van der Waals surface area contributed by atoms with Gasteiger partial charge in [-0.15, -0.1) is 0 Å². The summed E-state index contributed by atoms with van der Waals surface area (Å²) in [6.07, 6.45) is 2.86. The molecule has 1 aromatic heterocycles. The van der Waals surface area contributed by atoms with E-state index >= 15 is 0 Å². The van der Waals surface area contributed by atoms with Gasteiger partial charge < -0.3 is 10.6 Å². The monoisotopic (exact) mass is 398 g/mol. The van der Waals surface area contributed by atoms with Crippen molar-refractivity contribution in [1.82, 2.24) is 14.0 Å². The Balaban J connectivity index is 1.90. The number of aromatic nitrogens is 2. The third-order valence-electron chi connectivity index (χ3n) is 5.56. The highest BCUT2D eigenvalue weighted by atomic mass is 35.5. The molecule has 1 atom stereocenters. The average molecular weight is 399 g/mol. The van der Waals surface area contributed by atoms with Crippen molar-refractivity contribution in [3.8, 4) is 6.07 Å². The lowest BCUT2D eigenvalue weighted by Gasteiger charge is -2.34. The maximum absolute atomic E-state index is 13.0. The molecule has 2 N–H and O–H groups in total. The van der Waals surface area contributed by atoms with E-state index in [2.05, 4.69) is 16.0 Å². The van der Waals surface area contributed by atoms with Gasteiger partial charge in [0.2, 0.25) is 0 Å². The molecule has 8 heteroatoms. The van der Waals surface area contributed by atoms with Crippen molar-refractivity contribution in [3.63, 3.8) is 0 Å². The van der Waals surface area contributed by atoms with Crippen molar-refractivity contribution in [2.45, 2.75) is 31.8 Å². The quantitative estimate of drug-likeness (QED) is 0.805. The van der Waals surface area contributed by atoms with E-state index in [9.17, 15) is 10.1 Å². The van der Waals surface area contributed by atoms with Crippen LogP contribution in [0.5, 0.6) is 0 Å². The molecule has 1 fully saturated rings. The number of imidazole rings is 1. The van der Waals surface area contributed by atoms with Gasteiger partial charge in [-0.1, -0.05) is 17.7 Å². The second kappa shape index (κ2) is 7.46. The summed E-state index contributed by atoms with van der Waals surface area (Å²) in [5.41, 5.74) is 9.15. The number of likely N-dealkylation sites (tertiary alicyclic amines) is 1. The zero-order valence-corrected chi connectivity index (χ0v) is 16.6. The van der Waals surface area contributed by atoms with E-state index in [0.717, 1.165) is 49.0 Å². The molecule has 0 bridgehead atoms. The molecule has 4 rings (SSSR count). The summed E-state index contributed by atoms with van der Waals surface area (Å²) < 4.78 is 3.33. The number of hydrogen-bond acceptors (Lipinski definition) is 5. The molecule has 3 heterocycles. The Bertz CT molecular complexity index is 1140. The van der Waals surface area contributed by atoms with Gasteiger partial charge in [0, 0.05) is 49.9 Å². The standard InChI is InChI=1S/C20H23ClN6O/c1-25-19-18(17(6-7-24-19)26-8-2-3-16(23)12-26)27(20(25)28)11-13-4-5-15(21)9-14(13)10-22/h4-5,9,16H,2-3,6-8,11-12,23H2,1H3/t16-/m1/s1. The lowest BCUT2D eigenvalue weighted by molar-refractivity contribution is 0.284. The zero-order chi connectivity index (χ0) is 19.8. The third-order valence-corrected chi connectivity index (χ3v) is 5.80. The maximum Gasteiger partial charge on any atom is 0.330 e. The first kappa shape index (κ1) is 18.8. The number of piperidine rings is 1. The summed E-state index contributed by atoms with van der Waals surface area (Å²) in [7, 11) is 1.75. The molecule has 0 radical (unpaired) electrons. The number of nitrogens with two attached hydrogens (primary N) is 1. The Morgan fingerprint density at radius 1 is 1.43 bits per heavy atom. The molecular weight excluding hydrogens is 376 g/mol. The first-order valence-corrected chi connectivity index (χ1v) is 9.89. The van der Waals surface area contributed by atoms with Crippen molar-refractivity contribution >= 4 is 17.3 Å². The van der Waals surface area contributed by atoms with Gasteiger partial charge in [0.1, 0.15) is 5.35 Å². The van der Waals surface area contributed by atoms with Gasteiger partial charge in [0.25, 0.3) is 0 Å². The van der Waals surface area contributed by atoms with Gasteiger partial charge in [0.15, 0.2) is 5.49 Å². The van der Waals surface area contributed by atoms with Crippen LogP contribution in [0.3, 0.4) is 0 Å². The molecule has 146 valence electrons. The van der Waals surface area contributed by atoms with Crippen molar-refractivity contribution < 1.29 is 0 Å². The third kappa shape index (κ3) is 3.23. The first-order chi connectivity index (χ1) is 13.5. The lowest BCUT2D eigenvalue weighted by atomic mass is 10.0. The molecule has 0 amide bonds. The molecule has 2 aromatic rings. The molecule has 7 nitrogen and oxygen atoms in total. The van der Waals surface area contributed by atoms with Crippen molar-refractivity contribution in [2.75, 3.05) is 19.6 Å². The Hall–Kier alpha value is -2.56. The number of nitriles is 1. The predicted molar refractivity (Wildman–Crippen MR) is 107 cm³/mol. The normalized spacial score (nSPS) is 19.1. The second-order valence-electron chi connectivity index (χ2n) is 7.44. The fourth-order valence-electron chi connectivity index (χ4n) is 4.17. The Morgan fingerprint density at radius 2 is 2.25 bits per heavy atom. The fourth-order valence-corrected chi connectivity index (χ4v) is 4.34. The van der Waals surface area contributed by atoms with Crippen LogP contribution in [0.2, 0.25) is 5.02 Å². The Labute approximate surface area is 168 Å². The first-order valence-electron chi connectivity index (χ1n) is 9.52. The van der Waals surface area contributed by atoms with E-state index in [1.54, 1.807) is 28.3 Å². The number of halogens is 1. The van der Waals surface area contributed by atoms with E-state index in [1.165, 1.54) is 0 Å². The molecule has 0 saturated carbocycles. The minimum absolute atomic E-state index is 0.131. The molecule has 2 aliphatic rings. The smallest absolute Gasteiger partial charge is 0.330 e.